The Morgan fingerprint density at radius 3 is 2.42 bits per heavy atom. The number of aromatic nitrogens is 1. The number of hydrogen-bond acceptors (Lipinski definition) is 3. The van der Waals surface area contributed by atoms with Crippen molar-refractivity contribution < 1.29 is 14.3 Å². The third kappa shape index (κ3) is 8.12. The summed E-state index contributed by atoms with van der Waals surface area (Å²) >= 11 is 6.03. The summed E-state index contributed by atoms with van der Waals surface area (Å²) in [6.45, 7) is 10.1. The molecule has 0 radical (unpaired) electrons. The number of ether oxygens (including phenoxy) is 1. The van der Waals surface area contributed by atoms with Gasteiger partial charge in [0.15, 0.2) is 0 Å². The maximum Gasteiger partial charge on any atom is 0.254 e. The predicted molar refractivity (Wildman–Crippen MR) is 154 cm³/mol. The smallest absolute Gasteiger partial charge is 0.254 e. The van der Waals surface area contributed by atoms with E-state index in [2.05, 4.69) is 44.4 Å². The van der Waals surface area contributed by atoms with Crippen LogP contribution in [0.4, 0.5) is 0 Å². The molecule has 3 rings (SSSR count). The number of methoxy groups -OCH3 is 1. The van der Waals surface area contributed by atoms with Gasteiger partial charge in [0.1, 0.15) is 12.3 Å². The van der Waals surface area contributed by atoms with Gasteiger partial charge in [-0.3, -0.25) is 9.59 Å². The number of halogens is 1. The van der Waals surface area contributed by atoms with E-state index >= 15 is 0 Å². The Kier molecular flexibility index (Phi) is 10.8. The summed E-state index contributed by atoms with van der Waals surface area (Å²) in [5.41, 5.74) is 2.70. The van der Waals surface area contributed by atoms with Gasteiger partial charge < -0.3 is 19.1 Å². The van der Waals surface area contributed by atoms with E-state index in [9.17, 15) is 9.59 Å². The summed E-state index contributed by atoms with van der Waals surface area (Å²) in [4.78, 5) is 30.7. The average Bonchev–Trinajstić information content (AvgIpc) is 3.35. The molecule has 0 fully saturated rings. The average molecular weight is 538 g/mol. The zero-order valence-electron chi connectivity index (χ0n) is 23.2. The Morgan fingerprint density at radius 2 is 1.76 bits per heavy atom. The van der Waals surface area contributed by atoms with Crippen molar-refractivity contribution in [2.45, 2.75) is 59.7 Å². The van der Waals surface area contributed by atoms with Crippen molar-refractivity contribution in [2.24, 2.45) is 5.92 Å². The highest BCUT2D eigenvalue weighted by atomic mass is 35.5. The van der Waals surface area contributed by atoms with Crippen LogP contribution in [-0.4, -0.2) is 52.4 Å². The minimum atomic E-state index is -0.152. The molecule has 0 aliphatic carbocycles. The normalized spacial score (nSPS) is 11.9. The lowest BCUT2D eigenvalue weighted by atomic mass is 10.1. The highest BCUT2D eigenvalue weighted by Crippen LogP contribution is 2.19. The number of nitrogens with zero attached hydrogens (tertiary/aromatic N) is 3. The van der Waals surface area contributed by atoms with Crippen LogP contribution >= 0.6 is 11.6 Å². The highest BCUT2D eigenvalue weighted by Gasteiger charge is 2.26. The van der Waals surface area contributed by atoms with Gasteiger partial charge >= 0.3 is 0 Å². The zero-order chi connectivity index (χ0) is 27.7. The van der Waals surface area contributed by atoms with Crippen molar-refractivity contribution >= 4 is 23.4 Å². The molecular formula is C31H40ClN3O3. The van der Waals surface area contributed by atoms with Gasteiger partial charge in [-0.1, -0.05) is 44.5 Å². The van der Waals surface area contributed by atoms with E-state index in [1.807, 2.05) is 35.4 Å². The van der Waals surface area contributed by atoms with Crippen LogP contribution in [0.2, 0.25) is 5.02 Å². The minimum absolute atomic E-state index is 0.0280. The largest absolute Gasteiger partial charge is 0.497 e. The lowest BCUT2D eigenvalue weighted by molar-refractivity contribution is -0.134. The third-order valence-electron chi connectivity index (χ3n) is 6.87. The van der Waals surface area contributed by atoms with Gasteiger partial charge in [-0.25, -0.2) is 0 Å². The van der Waals surface area contributed by atoms with E-state index in [4.69, 9.17) is 16.3 Å². The minimum Gasteiger partial charge on any atom is -0.497 e. The number of rotatable bonds is 13. The molecule has 1 heterocycles. The van der Waals surface area contributed by atoms with Gasteiger partial charge in [-0.05, 0) is 79.8 Å². The number of benzene rings is 2. The monoisotopic (exact) mass is 537 g/mol. The van der Waals surface area contributed by atoms with Gasteiger partial charge in [0.2, 0.25) is 5.91 Å². The Balaban J connectivity index is 1.80. The molecular weight excluding hydrogens is 498 g/mol. The van der Waals surface area contributed by atoms with E-state index in [0.717, 1.165) is 29.8 Å². The second kappa shape index (κ2) is 14.1. The Morgan fingerprint density at radius 1 is 1.03 bits per heavy atom. The first-order valence-electron chi connectivity index (χ1n) is 13.3. The van der Waals surface area contributed by atoms with Gasteiger partial charge in [0.05, 0.1) is 13.7 Å². The molecule has 0 aliphatic rings. The summed E-state index contributed by atoms with van der Waals surface area (Å²) in [6, 6.07) is 18.9. The highest BCUT2D eigenvalue weighted by molar-refractivity contribution is 6.30. The summed E-state index contributed by atoms with van der Waals surface area (Å²) in [6.07, 6.45) is 3.67. The number of hydrogen-bond donors (Lipinski definition) is 0. The molecule has 0 bridgehead atoms. The maximum absolute atomic E-state index is 13.8. The van der Waals surface area contributed by atoms with Crippen molar-refractivity contribution in [1.82, 2.24) is 14.4 Å². The molecule has 1 aromatic heterocycles. The Bertz CT molecular complexity index is 1190. The fourth-order valence-corrected chi connectivity index (χ4v) is 4.42. The Hall–Kier alpha value is -3.25. The lowest BCUT2D eigenvalue weighted by Gasteiger charge is -2.32. The molecule has 7 heteroatoms. The Labute approximate surface area is 232 Å². The van der Waals surface area contributed by atoms with Crippen molar-refractivity contribution in [3.8, 4) is 5.75 Å². The van der Waals surface area contributed by atoms with E-state index in [0.29, 0.717) is 36.1 Å². The number of carbonyl (C=O) groups excluding carboxylic acids is 2. The van der Waals surface area contributed by atoms with Crippen molar-refractivity contribution in [1.29, 1.82) is 0 Å². The summed E-state index contributed by atoms with van der Waals surface area (Å²) in [7, 11) is 1.66. The molecule has 204 valence electrons. The second-order valence-corrected chi connectivity index (χ2v) is 10.6. The standard InChI is InChI=1S/C31H40ClN3O3/c1-6-24(4)35(21-28-10-8-17-33(28)20-25-9-7-11-29(19-25)38-5)30(36)22-34(18-16-23(2)3)31(37)26-12-14-27(32)15-13-26/h7-15,17,19,23-24H,6,16,18,20-22H2,1-5H3. The van der Waals surface area contributed by atoms with E-state index in [-0.39, 0.29) is 24.4 Å². The van der Waals surface area contributed by atoms with Crippen molar-refractivity contribution in [3.63, 3.8) is 0 Å². The molecule has 0 N–H and O–H groups in total. The van der Waals surface area contributed by atoms with Crippen molar-refractivity contribution in [2.75, 3.05) is 20.2 Å². The molecule has 0 saturated carbocycles. The first-order valence-corrected chi connectivity index (χ1v) is 13.7. The van der Waals surface area contributed by atoms with Crippen LogP contribution in [0.15, 0.2) is 66.9 Å². The van der Waals surface area contributed by atoms with Crippen LogP contribution in [0.5, 0.6) is 5.75 Å². The first kappa shape index (κ1) is 29.3. The topological polar surface area (TPSA) is 54.8 Å². The first-order chi connectivity index (χ1) is 18.2. The summed E-state index contributed by atoms with van der Waals surface area (Å²) in [5.74, 6) is 1.02. The van der Waals surface area contributed by atoms with Gasteiger partial charge in [0.25, 0.3) is 5.91 Å². The fourth-order valence-electron chi connectivity index (χ4n) is 4.30. The summed E-state index contributed by atoms with van der Waals surface area (Å²) in [5, 5.41) is 0.575. The maximum atomic E-state index is 13.8. The number of amides is 2. The molecule has 1 atom stereocenters. The number of carbonyl (C=O) groups is 2. The van der Waals surface area contributed by atoms with Crippen molar-refractivity contribution in [3.05, 3.63) is 88.7 Å². The van der Waals surface area contributed by atoms with Gasteiger partial charge in [-0.15, -0.1) is 0 Å². The second-order valence-electron chi connectivity index (χ2n) is 10.2. The SMILES string of the molecule is CCC(C)N(Cc1cccn1Cc1cccc(OC)c1)C(=O)CN(CCC(C)C)C(=O)c1ccc(Cl)cc1. The van der Waals surface area contributed by atoms with Crippen LogP contribution < -0.4 is 4.74 Å². The van der Waals surface area contributed by atoms with Crippen LogP contribution in [0.3, 0.4) is 0 Å². The van der Waals surface area contributed by atoms with Gasteiger partial charge in [-0.2, -0.15) is 0 Å². The fraction of sp³-hybridized carbons (Fsp3) is 0.419. The molecule has 6 nitrogen and oxygen atoms in total. The van der Waals surface area contributed by atoms with Gasteiger partial charge in [0, 0.05) is 41.6 Å². The van der Waals surface area contributed by atoms with Crippen LogP contribution in [0.1, 0.15) is 62.2 Å². The quantitative estimate of drug-likeness (QED) is 0.249. The molecule has 2 amide bonds. The molecule has 0 aliphatic heterocycles. The molecule has 38 heavy (non-hydrogen) atoms. The van der Waals surface area contributed by atoms with E-state index in [1.165, 1.54) is 0 Å². The summed E-state index contributed by atoms with van der Waals surface area (Å²) < 4.78 is 7.53. The van der Waals surface area contributed by atoms with Crippen LogP contribution in [0, 0.1) is 5.92 Å². The molecule has 2 aromatic carbocycles. The van der Waals surface area contributed by atoms with E-state index in [1.54, 1.807) is 36.3 Å². The predicted octanol–water partition coefficient (Wildman–Crippen LogP) is 6.51. The molecule has 0 spiro atoms. The third-order valence-corrected chi connectivity index (χ3v) is 7.12. The van der Waals surface area contributed by atoms with Crippen LogP contribution in [-0.2, 0) is 17.9 Å². The molecule has 3 aromatic rings. The zero-order valence-corrected chi connectivity index (χ0v) is 23.9. The molecule has 1 unspecified atom stereocenters. The lowest BCUT2D eigenvalue weighted by Crippen LogP contribution is -2.46. The van der Waals surface area contributed by atoms with Crippen LogP contribution in [0.25, 0.3) is 0 Å². The molecule has 0 saturated heterocycles. The van der Waals surface area contributed by atoms with E-state index < -0.39 is 0 Å².